The van der Waals surface area contributed by atoms with Crippen LogP contribution in [-0.2, 0) is 6.54 Å². The second kappa shape index (κ2) is 5.38. The van der Waals surface area contributed by atoms with Gasteiger partial charge in [0.2, 0.25) is 5.88 Å². The molecule has 3 rings (SSSR count). The van der Waals surface area contributed by atoms with Gasteiger partial charge in [0.25, 0.3) is 0 Å². The topological polar surface area (TPSA) is 42.8 Å². The van der Waals surface area contributed by atoms with Crippen molar-refractivity contribution in [2.45, 2.75) is 6.54 Å². The van der Waals surface area contributed by atoms with Crippen LogP contribution in [0.25, 0.3) is 11.2 Å². The van der Waals surface area contributed by atoms with Crippen LogP contribution in [0, 0.1) is 4.77 Å². The lowest BCUT2D eigenvalue weighted by molar-refractivity contribution is 0.399. The van der Waals surface area contributed by atoms with Crippen LogP contribution in [-0.4, -0.2) is 21.6 Å². The maximum atomic E-state index is 5.37. The first-order valence-corrected chi connectivity index (χ1v) is 7.25. The monoisotopic (exact) mass is 349 g/mol. The van der Waals surface area contributed by atoms with Gasteiger partial charge in [-0.25, -0.2) is 0 Å². The van der Waals surface area contributed by atoms with Gasteiger partial charge in [-0.05, 0) is 36.0 Å². The number of halogens is 1. The van der Waals surface area contributed by atoms with Crippen LogP contribution >= 0.6 is 28.1 Å². The fourth-order valence-corrected chi connectivity index (χ4v) is 2.57. The van der Waals surface area contributed by atoms with Gasteiger partial charge in [0.05, 0.1) is 19.2 Å². The number of ether oxygens (including phenoxy) is 1. The SMILES string of the molecule is COc1ccc2[nH]c(=S)n(Cc3ccc(Br)cc3)c2n1. The molecule has 102 valence electrons. The lowest BCUT2D eigenvalue weighted by Gasteiger charge is -2.05. The van der Waals surface area contributed by atoms with Crippen molar-refractivity contribution in [3.63, 3.8) is 0 Å². The van der Waals surface area contributed by atoms with E-state index in [0.29, 0.717) is 17.2 Å². The van der Waals surface area contributed by atoms with Gasteiger partial charge in [0.1, 0.15) is 0 Å². The zero-order chi connectivity index (χ0) is 14.1. The van der Waals surface area contributed by atoms with Crippen LogP contribution in [0.15, 0.2) is 40.9 Å². The van der Waals surface area contributed by atoms with Crippen molar-refractivity contribution in [2.75, 3.05) is 7.11 Å². The Morgan fingerprint density at radius 1 is 1.25 bits per heavy atom. The first kappa shape index (κ1) is 13.3. The van der Waals surface area contributed by atoms with Crippen molar-refractivity contribution in [3.8, 4) is 5.88 Å². The molecule has 0 saturated heterocycles. The molecule has 0 atom stereocenters. The van der Waals surface area contributed by atoms with E-state index in [4.69, 9.17) is 17.0 Å². The molecule has 2 heterocycles. The van der Waals surface area contributed by atoms with Gasteiger partial charge >= 0.3 is 0 Å². The number of H-pyrrole nitrogens is 1. The summed E-state index contributed by atoms with van der Waals surface area (Å²) in [6, 6.07) is 11.9. The molecule has 0 amide bonds. The molecular formula is C14H12BrN3OS. The van der Waals surface area contributed by atoms with Crippen LogP contribution in [0.4, 0.5) is 0 Å². The van der Waals surface area contributed by atoms with Gasteiger partial charge < -0.3 is 9.72 Å². The minimum atomic E-state index is 0.580. The van der Waals surface area contributed by atoms with Crippen molar-refractivity contribution >= 4 is 39.3 Å². The van der Waals surface area contributed by atoms with Crippen molar-refractivity contribution in [3.05, 3.63) is 51.2 Å². The second-order valence-electron chi connectivity index (χ2n) is 4.37. The largest absolute Gasteiger partial charge is 0.481 e. The molecule has 3 aromatic rings. The maximum Gasteiger partial charge on any atom is 0.215 e. The fraction of sp³-hybridized carbons (Fsp3) is 0.143. The minimum Gasteiger partial charge on any atom is -0.481 e. The second-order valence-corrected chi connectivity index (χ2v) is 5.67. The smallest absolute Gasteiger partial charge is 0.215 e. The number of fused-ring (bicyclic) bond motifs is 1. The van der Waals surface area contributed by atoms with E-state index in [1.165, 1.54) is 0 Å². The quantitative estimate of drug-likeness (QED) is 0.729. The molecular weight excluding hydrogens is 338 g/mol. The van der Waals surface area contributed by atoms with E-state index < -0.39 is 0 Å². The normalized spacial score (nSPS) is 10.9. The third kappa shape index (κ3) is 2.48. The first-order chi connectivity index (χ1) is 9.67. The Morgan fingerprint density at radius 3 is 2.70 bits per heavy atom. The summed E-state index contributed by atoms with van der Waals surface area (Å²) in [7, 11) is 1.61. The lowest BCUT2D eigenvalue weighted by atomic mass is 10.2. The van der Waals surface area contributed by atoms with Gasteiger partial charge in [-0.2, -0.15) is 4.98 Å². The number of nitrogens with zero attached hydrogens (tertiary/aromatic N) is 2. The van der Waals surface area contributed by atoms with Crippen LogP contribution in [0.1, 0.15) is 5.56 Å². The summed E-state index contributed by atoms with van der Waals surface area (Å²) in [6.45, 7) is 0.673. The minimum absolute atomic E-state index is 0.580. The van der Waals surface area contributed by atoms with Crippen LogP contribution in [0.5, 0.6) is 5.88 Å². The molecule has 0 unspecified atom stereocenters. The highest BCUT2D eigenvalue weighted by Crippen LogP contribution is 2.18. The van der Waals surface area contributed by atoms with Gasteiger partial charge in [-0.3, -0.25) is 4.57 Å². The maximum absolute atomic E-state index is 5.37. The number of benzene rings is 1. The number of methoxy groups -OCH3 is 1. The Morgan fingerprint density at radius 2 is 2.00 bits per heavy atom. The summed E-state index contributed by atoms with van der Waals surface area (Å²) in [5.74, 6) is 0.580. The number of aromatic nitrogens is 3. The van der Waals surface area contributed by atoms with Crippen molar-refractivity contribution in [2.24, 2.45) is 0 Å². The average Bonchev–Trinajstić information content (AvgIpc) is 2.77. The standard InChI is InChI=1S/C14H12BrN3OS/c1-19-12-7-6-11-13(17-12)18(14(20)16-11)8-9-2-4-10(15)5-3-9/h2-7H,8H2,1H3,(H,16,20). The summed E-state index contributed by atoms with van der Waals surface area (Å²) < 4.78 is 8.86. The number of pyridine rings is 1. The average molecular weight is 350 g/mol. The van der Waals surface area contributed by atoms with Gasteiger partial charge in [0, 0.05) is 10.5 Å². The highest BCUT2D eigenvalue weighted by atomic mass is 79.9. The number of hydrogen-bond acceptors (Lipinski definition) is 3. The molecule has 0 saturated carbocycles. The summed E-state index contributed by atoms with van der Waals surface area (Å²) in [5, 5.41) is 0. The van der Waals surface area contributed by atoms with E-state index in [2.05, 4.69) is 38.0 Å². The Bertz CT molecular complexity index is 807. The molecule has 20 heavy (non-hydrogen) atoms. The molecule has 4 nitrogen and oxygen atoms in total. The van der Waals surface area contributed by atoms with Gasteiger partial charge in [0.15, 0.2) is 10.4 Å². The van der Waals surface area contributed by atoms with E-state index in [1.807, 2.05) is 28.8 Å². The summed E-state index contributed by atoms with van der Waals surface area (Å²) in [4.78, 5) is 7.62. The third-order valence-corrected chi connectivity index (χ3v) is 3.91. The predicted octanol–water partition coefficient (Wildman–Crippen LogP) is 3.91. The summed E-state index contributed by atoms with van der Waals surface area (Å²) in [6.07, 6.45) is 0. The Hall–Kier alpha value is -1.66. The molecule has 1 N–H and O–H groups in total. The zero-order valence-electron chi connectivity index (χ0n) is 10.8. The molecule has 0 radical (unpaired) electrons. The Labute approximate surface area is 129 Å². The number of imidazole rings is 1. The van der Waals surface area contributed by atoms with Crippen LogP contribution < -0.4 is 4.74 Å². The van der Waals surface area contributed by atoms with Crippen LogP contribution in [0.2, 0.25) is 0 Å². The van der Waals surface area contributed by atoms with Gasteiger partial charge in [-0.1, -0.05) is 28.1 Å². The summed E-state index contributed by atoms with van der Waals surface area (Å²) in [5.41, 5.74) is 2.88. The molecule has 1 aromatic carbocycles. The number of rotatable bonds is 3. The fourth-order valence-electron chi connectivity index (χ4n) is 2.05. The van der Waals surface area contributed by atoms with Gasteiger partial charge in [-0.15, -0.1) is 0 Å². The highest BCUT2D eigenvalue weighted by Gasteiger charge is 2.08. The van der Waals surface area contributed by atoms with E-state index in [1.54, 1.807) is 7.11 Å². The van der Waals surface area contributed by atoms with Crippen LogP contribution in [0.3, 0.4) is 0 Å². The highest BCUT2D eigenvalue weighted by molar-refractivity contribution is 9.10. The summed E-state index contributed by atoms with van der Waals surface area (Å²) >= 11 is 8.81. The molecule has 2 aromatic heterocycles. The number of hydrogen-bond donors (Lipinski definition) is 1. The number of aromatic amines is 1. The van der Waals surface area contributed by atoms with E-state index in [0.717, 1.165) is 21.2 Å². The molecule has 0 spiro atoms. The molecule has 0 aliphatic carbocycles. The molecule has 0 fully saturated rings. The van der Waals surface area contributed by atoms with E-state index in [9.17, 15) is 0 Å². The Balaban J connectivity index is 2.08. The molecule has 6 heteroatoms. The predicted molar refractivity (Wildman–Crippen MR) is 84.7 cm³/mol. The Kier molecular flexibility index (Phi) is 3.58. The molecule has 0 aliphatic rings. The molecule has 0 bridgehead atoms. The lowest BCUT2D eigenvalue weighted by Crippen LogP contribution is -2.01. The number of nitrogens with one attached hydrogen (secondary N) is 1. The third-order valence-electron chi connectivity index (χ3n) is 3.06. The van der Waals surface area contributed by atoms with Crippen molar-refractivity contribution in [1.29, 1.82) is 0 Å². The first-order valence-electron chi connectivity index (χ1n) is 6.05. The van der Waals surface area contributed by atoms with E-state index >= 15 is 0 Å². The zero-order valence-corrected chi connectivity index (χ0v) is 13.2. The van der Waals surface area contributed by atoms with Crippen molar-refractivity contribution in [1.82, 2.24) is 14.5 Å². The van der Waals surface area contributed by atoms with Crippen molar-refractivity contribution < 1.29 is 4.74 Å². The molecule has 0 aliphatic heterocycles. The van der Waals surface area contributed by atoms with E-state index in [-0.39, 0.29) is 0 Å².